The molecule has 0 saturated carbocycles. The number of halogens is 1. The van der Waals surface area contributed by atoms with Crippen molar-refractivity contribution in [2.24, 2.45) is 0 Å². The van der Waals surface area contributed by atoms with Crippen molar-refractivity contribution in [1.82, 2.24) is 10.3 Å². The van der Waals surface area contributed by atoms with Gasteiger partial charge in [-0.05, 0) is 37.1 Å². The molecule has 5 heteroatoms. The lowest BCUT2D eigenvalue weighted by Gasteiger charge is -2.23. The van der Waals surface area contributed by atoms with Crippen molar-refractivity contribution in [1.29, 1.82) is 0 Å². The molecule has 1 aromatic heterocycles. The van der Waals surface area contributed by atoms with Crippen molar-refractivity contribution < 1.29 is 13.9 Å². The van der Waals surface area contributed by atoms with Crippen LogP contribution in [0.1, 0.15) is 23.2 Å². The van der Waals surface area contributed by atoms with E-state index in [2.05, 4.69) is 10.3 Å². The molecule has 2 aromatic rings. The Kier molecular flexibility index (Phi) is 4.44. The second-order valence-corrected chi connectivity index (χ2v) is 5.27. The fourth-order valence-corrected chi connectivity index (χ4v) is 2.52. The van der Waals surface area contributed by atoms with Crippen LogP contribution < -0.4 is 5.32 Å². The molecule has 0 unspecified atom stereocenters. The number of nitrogens with zero attached hydrogens (tertiary/aromatic N) is 1. The van der Waals surface area contributed by atoms with Crippen LogP contribution in [0.25, 0.3) is 11.3 Å². The molecule has 114 valence electrons. The van der Waals surface area contributed by atoms with E-state index in [9.17, 15) is 9.18 Å². The van der Waals surface area contributed by atoms with Crippen LogP contribution in [0, 0.1) is 5.82 Å². The van der Waals surface area contributed by atoms with E-state index < -0.39 is 5.82 Å². The zero-order valence-electron chi connectivity index (χ0n) is 12.1. The van der Waals surface area contributed by atoms with E-state index in [1.54, 1.807) is 30.3 Å². The maximum Gasteiger partial charge on any atom is 0.251 e. The number of hydrogen-bond donors (Lipinski definition) is 1. The number of nitrogens with one attached hydrogen (secondary N) is 1. The Morgan fingerprint density at radius 3 is 2.82 bits per heavy atom. The minimum Gasteiger partial charge on any atom is -0.381 e. The zero-order chi connectivity index (χ0) is 15.4. The minimum absolute atomic E-state index is 0.136. The van der Waals surface area contributed by atoms with Gasteiger partial charge in [0.1, 0.15) is 11.5 Å². The van der Waals surface area contributed by atoms with E-state index in [0.29, 0.717) is 24.3 Å². The lowest BCUT2D eigenvalue weighted by molar-refractivity contribution is 0.0696. The SMILES string of the molecule is O=C(NC1CCOCC1)c1cccc(-c2ncccc2F)c1. The average molecular weight is 300 g/mol. The van der Waals surface area contributed by atoms with E-state index in [-0.39, 0.29) is 17.6 Å². The monoisotopic (exact) mass is 300 g/mol. The fourth-order valence-electron chi connectivity index (χ4n) is 2.52. The second kappa shape index (κ2) is 6.66. The van der Waals surface area contributed by atoms with E-state index in [1.165, 1.54) is 12.3 Å². The molecule has 1 aliphatic rings. The lowest BCUT2D eigenvalue weighted by atomic mass is 10.0. The van der Waals surface area contributed by atoms with Crippen LogP contribution >= 0.6 is 0 Å². The van der Waals surface area contributed by atoms with E-state index in [1.807, 2.05) is 0 Å². The number of hydrogen-bond acceptors (Lipinski definition) is 3. The third-order valence-corrected chi connectivity index (χ3v) is 3.71. The first-order valence-electron chi connectivity index (χ1n) is 7.33. The van der Waals surface area contributed by atoms with Gasteiger partial charge in [-0.25, -0.2) is 4.39 Å². The number of amides is 1. The molecule has 1 amide bonds. The topological polar surface area (TPSA) is 51.2 Å². The van der Waals surface area contributed by atoms with Gasteiger partial charge in [0.05, 0.1) is 0 Å². The summed E-state index contributed by atoms with van der Waals surface area (Å²) in [4.78, 5) is 16.4. The molecule has 2 heterocycles. The van der Waals surface area contributed by atoms with Crippen LogP contribution in [0.15, 0.2) is 42.6 Å². The van der Waals surface area contributed by atoms with Gasteiger partial charge in [0.2, 0.25) is 0 Å². The van der Waals surface area contributed by atoms with E-state index >= 15 is 0 Å². The third kappa shape index (κ3) is 3.31. The third-order valence-electron chi connectivity index (χ3n) is 3.71. The predicted octanol–water partition coefficient (Wildman–Crippen LogP) is 2.80. The highest BCUT2D eigenvalue weighted by molar-refractivity contribution is 5.95. The molecule has 1 N–H and O–H groups in total. The number of benzene rings is 1. The Balaban J connectivity index is 1.79. The van der Waals surface area contributed by atoms with Crippen molar-refractivity contribution in [3.05, 3.63) is 54.0 Å². The molecule has 1 aliphatic heterocycles. The summed E-state index contributed by atoms with van der Waals surface area (Å²) < 4.78 is 19.1. The van der Waals surface area contributed by atoms with Gasteiger partial charge in [-0.1, -0.05) is 12.1 Å². The normalized spacial score (nSPS) is 15.5. The van der Waals surface area contributed by atoms with Crippen LogP contribution in [0.2, 0.25) is 0 Å². The van der Waals surface area contributed by atoms with Crippen LogP contribution in [-0.4, -0.2) is 30.1 Å². The number of aromatic nitrogens is 1. The zero-order valence-corrected chi connectivity index (χ0v) is 12.1. The lowest BCUT2D eigenvalue weighted by Crippen LogP contribution is -2.38. The van der Waals surface area contributed by atoms with Crippen molar-refractivity contribution in [2.45, 2.75) is 18.9 Å². The fraction of sp³-hybridized carbons (Fsp3) is 0.294. The Morgan fingerprint density at radius 1 is 1.23 bits per heavy atom. The van der Waals surface area contributed by atoms with Crippen LogP contribution in [0.4, 0.5) is 4.39 Å². The molecular weight excluding hydrogens is 283 g/mol. The highest BCUT2D eigenvalue weighted by Crippen LogP contribution is 2.21. The first kappa shape index (κ1) is 14.7. The molecule has 0 radical (unpaired) electrons. The Bertz CT molecular complexity index is 669. The van der Waals surface area contributed by atoms with Crippen molar-refractivity contribution in [3.8, 4) is 11.3 Å². The van der Waals surface area contributed by atoms with Gasteiger partial charge in [-0.3, -0.25) is 9.78 Å². The molecule has 3 rings (SSSR count). The van der Waals surface area contributed by atoms with E-state index in [4.69, 9.17) is 4.74 Å². The van der Waals surface area contributed by atoms with Gasteiger partial charge >= 0.3 is 0 Å². The summed E-state index contributed by atoms with van der Waals surface area (Å²) in [7, 11) is 0. The summed E-state index contributed by atoms with van der Waals surface area (Å²) in [6, 6.07) is 9.91. The van der Waals surface area contributed by atoms with Crippen molar-refractivity contribution in [2.75, 3.05) is 13.2 Å². The summed E-state index contributed by atoms with van der Waals surface area (Å²) in [5, 5.41) is 3.00. The highest BCUT2D eigenvalue weighted by atomic mass is 19.1. The number of carbonyl (C=O) groups excluding carboxylic acids is 1. The largest absolute Gasteiger partial charge is 0.381 e. The summed E-state index contributed by atoms with van der Waals surface area (Å²) in [5.41, 5.74) is 1.36. The number of carbonyl (C=O) groups is 1. The summed E-state index contributed by atoms with van der Waals surface area (Å²) in [6.45, 7) is 1.34. The first-order chi connectivity index (χ1) is 10.7. The maximum absolute atomic E-state index is 13.8. The van der Waals surface area contributed by atoms with E-state index in [0.717, 1.165) is 12.8 Å². The van der Waals surface area contributed by atoms with Gasteiger partial charge in [0.15, 0.2) is 0 Å². The van der Waals surface area contributed by atoms with Crippen molar-refractivity contribution >= 4 is 5.91 Å². The Labute approximate surface area is 128 Å². The van der Waals surface area contributed by atoms with Gasteiger partial charge in [-0.2, -0.15) is 0 Å². The summed E-state index contributed by atoms with van der Waals surface area (Å²) >= 11 is 0. The van der Waals surface area contributed by atoms with Crippen molar-refractivity contribution in [3.63, 3.8) is 0 Å². The molecule has 22 heavy (non-hydrogen) atoms. The highest BCUT2D eigenvalue weighted by Gasteiger charge is 2.17. The maximum atomic E-state index is 13.8. The molecule has 1 aromatic carbocycles. The second-order valence-electron chi connectivity index (χ2n) is 5.27. The summed E-state index contributed by atoms with van der Waals surface area (Å²) in [5.74, 6) is -0.547. The van der Waals surface area contributed by atoms with Crippen LogP contribution in [0.5, 0.6) is 0 Å². The number of ether oxygens (including phenoxy) is 1. The molecule has 0 bridgehead atoms. The number of pyridine rings is 1. The predicted molar refractivity (Wildman–Crippen MR) is 80.9 cm³/mol. The minimum atomic E-state index is -0.399. The Morgan fingerprint density at radius 2 is 2.05 bits per heavy atom. The first-order valence-corrected chi connectivity index (χ1v) is 7.33. The van der Waals surface area contributed by atoms with Gasteiger partial charge in [0.25, 0.3) is 5.91 Å². The quantitative estimate of drug-likeness (QED) is 0.948. The molecule has 4 nitrogen and oxygen atoms in total. The molecule has 0 aliphatic carbocycles. The molecule has 0 atom stereocenters. The molecular formula is C17H17FN2O2. The summed E-state index contributed by atoms with van der Waals surface area (Å²) in [6.07, 6.45) is 3.17. The molecule has 1 fully saturated rings. The Hall–Kier alpha value is -2.27. The average Bonchev–Trinajstić information content (AvgIpc) is 2.56. The van der Waals surface area contributed by atoms with Gasteiger partial charge in [-0.15, -0.1) is 0 Å². The molecule has 0 spiro atoms. The van der Waals surface area contributed by atoms with Crippen LogP contribution in [0.3, 0.4) is 0 Å². The number of rotatable bonds is 3. The smallest absolute Gasteiger partial charge is 0.251 e. The standard InChI is InChI=1S/C17H17FN2O2/c18-15-5-2-8-19-16(15)12-3-1-4-13(11-12)17(21)20-14-6-9-22-10-7-14/h1-5,8,11,14H,6-7,9-10H2,(H,20,21). The van der Waals surface area contributed by atoms with Gasteiger partial charge < -0.3 is 10.1 Å². The molecule has 1 saturated heterocycles. The van der Waals surface area contributed by atoms with Crippen LogP contribution in [-0.2, 0) is 4.74 Å². The van der Waals surface area contributed by atoms with Gasteiger partial charge in [0, 0.05) is 36.6 Å².